The SMILES string of the molecule is Cc1cc(-c2ccc(S(C)(=O)=O)cc2)n(-c2ccc(-c3ccoc3)cc2)c1. The second-order valence-corrected chi connectivity index (χ2v) is 8.64. The number of benzene rings is 2. The maximum atomic E-state index is 11.7. The second-order valence-electron chi connectivity index (χ2n) is 6.63. The lowest BCUT2D eigenvalue weighted by molar-refractivity contribution is 0.568. The molecular formula is C22H19NO3S. The first kappa shape index (κ1) is 17.4. The Hall–Kier alpha value is -3.05. The molecule has 0 radical (unpaired) electrons. The van der Waals surface area contributed by atoms with Crippen molar-refractivity contribution in [1.82, 2.24) is 4.57 Å². The molecule has 136 valence electrons. The predicted molar refractivity (Wildman–Crippen MR) is 107 cm³/mol. The molecule has 0 fully saturated rings. The highest BCUT2D eigenvalue weighted by molar-refractivity contribution is 7.90. The van der Waals surface area contributed by atoms with Crippen molar-refractivity contribution in [2.24, 2.45) is 0 Å². The van der Waals surface area contributed by atoms with Gasteiger partial charge in [-0.15, -0.1) is 0 Å². The van der Waals surface area contributed by atoms with Crippen molar-refractivity contribution in [1.29, 1.82) is 0 Å². The highest BCUT2D eigenvalue weighted by Gasteiger charge is 2.11. The third kappa shape index (κ3) is 3.46. The molecule has 5 heteroatoms. The minimum atomic E-state index is -3.20. The molecule has 2 aromatic heterocycles. The minimum Gasteiger partial charge on any atom is -0.472 e. The lowest BCUT2D eigenvalue weighted by atomic mass is 10.1. The van der Waals surface area contributed by atoms with E-state index in [2.05, 4.69) is 41.1 Å². The van der Waals surface area contributed by atoms with Gasteiger partial charge in [-0.05, 0) is 60.0 Å². The molecule has 0 N–H and O–H groups in total. The number of aromatic nitrogens is 1. The van der Waals surface area contributed by atoms with Gasteiger partial charge in [0.15, 0.2) is 9.84 Å². The van der Waals surface area contributed by atoms with Crippen LogP contribution in [0.4, 0.5) is 0 Å². The van der Waals surface area contributed by atoms with E-state index in [9.17, 15) is 8.42 Å². The predicted octanol–water partition coefficient (Wildman–Crippen LogP) is 5.12. The van der Waals surface area contributed by atoms with Crippen LogP contribution in [0, 0.1) is 6.92 Å². The molecule has 0 aliphatic carbocycles. The van der Waals surface area contributed by atoms with Gasteiger partial charge in [-0.25, -0.2) is 8.42 Å². The van der Waals surface area contributed by atoms with Crippen LogP contribution in [-0.4, -0.2) is 19.2 Å². The number of rotatable bonds is 4. The Kier molecular flexibility index (Phi) is 4.24. The summed E-state index contributed by atoms with van der Waals surface area (Å²) >= 11 is 0. The van der Waals surface area contributed by atoms with Crippen molar-refractivity contribution in [3.05, 3.63) is 85.0 Å². The maximum Gasteiger partial charge on any atom is 0.175 e. The first-order valence-electron chi connectivity index (χ1n) is 8.54. The number of nitrogens with zero attached hydrogens (tertiary/aromatic N) is 1. The zero-order chi connectivity index (χ0) is 19.0. The molecule has 4 aromatic rings. The van der Waals surface area contributed by atoms with E-state index < -0.39 is 9.84 Å². The summed E-state index contributed by atoms with van der Waals surface area (Å²) in [6, 6.07) is 19.3. The van der Waals surface area contributed by atoms with E-state index in [0.717, 1.165) is 33.6 Å². The molecule has 27 heavy (non-hydrogen) atoms. The van der Waals surface area contributed by atoms with Gasteiger partial charge < -0.3 is 8.98 Å². The van der Waals surface area contributed by atoms with Crippen molar-refractivity contribution in [3.63, 3.8) is 0 Å². The molecule has 2 heterocycles. The molecule has 0 aliphatic heterocycles. The van der Waals surface area contributed by atoms with E-state index in [1.165, 1.54) is 6.26 Å². The van der Waals surface area contributed by atoms with Crippen LogP contribution in [0.25, 0.3) is 28.1 Å². The zero-order valence-corrected chi connectivity index (χ0v) is 15.9. The topological polar surface area (TPSA) is 52.2 Å². The van der Waals surface area contributed by atoms with E-state index in [1.54, 1.807) is 24.7 Å². The summed E-state index contributed by atoms with van der Waals surface area (Å²) in [5.74, 6) is 0. The molecule has 4 nitrogen and oxygen atoms in total. The van der Waals surface area contributed by atoms with Crippen molar-refractivity contribution in [2.75, 3.05) is 6.26 Å². The fourth-order valence-electron chi connectivity index (χ4n) is 3.15. The molecule has 2 aromatic carbocycles. The second kappa shape index (κ2) is 6.59. The summed E-state index contributed by atoms with van der Waals surface area (Å²) in [5.41, 5.74) is 6.30. The number of hydrogen-bond acceptors (Lipinski definition) is 3. The number of aryl methyl sites for hydroxylation is 1. The van der Waals surface area contributed by atoms with E-state index >= 15 is 0 Å². The first-order chi connectivity index (χ1) is 12.9. The van der Waals surface area contributed by atoms with Crippen molar-refractivity contribution < 1.29 is 12.8 Å². The zero-order valence-electron chi connectivity index (χ0n) is 15.1. The molecular weight excluding hydrogens is 358 g/mol. The molecule has 0 bridgehead atoms. The van der Waals surface area contributed by atoms with Crippen LogP contribution in [0.5, 0.6) is 0 Å². The highest BCUT2D eigenvalue weighted by atomic mass is 32.2. The van der Waals surface area contributed by atoms with Crippen molar-refractivity contribution in [3.8, 4) is 28.1 Å². The maximum absolute atomic E-state index is 11.7. The quantitative estimate of drug-likeness (QED) is 0.496. The summed E-state index contributed by atoms with van der Waals surface area (Å²) in [5, 5.41) is 0. The smallest absolute Gasteiger partial charge is 0.175 e. The van der Waals surface area contributed by atoms with E-state index in [-0.39, 0.29) is 0 Å². The van der Waals surface area contributed by atoms with Gasteiger partial charge in [0.1, 0.15) is 0 Å². The van der Waals surface area contributed by atoms with Crippen molar-refractivity contribution >= 4 is 9.84 Å². The third-order valence-electron chi connectivity index (χ3n) is 4.53. The van der Waals surface area contributed by atoms with Gasteiger partial charge in [0.25, 0.3) is 0 Å². The van der Waals surface area contributed by atoms with E-state index in [1.807, 2.05) is 25.1 Å². The third-order valence-corrected chi connectivity index (χ3v) is 5.66. The van der Waals surface area contributed by atoms with Crippen LogP contribution in [0.15, 0.2) is 88.7 Å². The van der Waals surface area contributed by atoms with Gasteiger partial charge in [-0.1, -0.05) is 24.3 Å². The Labute approximate surface area is 158 Å². The summed E-state index contributed by atoms with van der Waals surface area (Å²) < 4.78 is 30.6. The van der Waals surface area contributed by atoms with Gasteiger partial charge in [-0.3, -0.25) is 0 Å². The average Bonchev–Trinajstić information content (AvgIpc) is 3.31. The van der Waals surface area contributed by atoms with Crippen LogP contribution in [0.3, 0.4) is 0 Å². The van der Waals surface area contributed by atoms with Crippen LogP contribution < -0.4 is 0 Å². The normalized spacial score (nSPS) is 11.6. The molecule has 0 atom stereocenters. The fraction of sp³-hybridized carbons (Fsp3) is 0.0909. The van der Waals surface area contributed by atoms with Crippen LogP contribution >= 0.6 is 0 Å². The lowest BCUT2D eigenvalue weighted by Gasteiger charge is -2.11. The van der Waals surface area contributed by atoms with Gasteiger partial charge in [0.2, 0.25) is 0 Å². The van der Waals surface area contributed by atoms with E-state index in [0.29, 0.717) is 4.90 Å². The van der Waals surface area contributed by atoms with Gasteiger partial charge >= 0.3 is 0 Å². The molecule has 0 unspecified atom stereocenters. The molecule has 0 saturated heterocycles. The summed E-state index contributed by atoms with van der Waals surface area (Å²) in [6.45, 7) is 2.05. The molecule has 0 amide bonds. The first-order valence-corrected chi connectivity index (χ1v) is 10.4. The Morgan fingerprint density at radius 3 is 2.11 bits per heavy atom. The standard InChI is InChI=1S/C22H19NO3S/c1-16-13-22(18-5-9-21(10-6-18)27(2,24)25)23(14-16)20-7-3-17(4-8-20)19-11-12-26-15-19/h3-15H,1-2H3. The monoisotopic (exact) mass is 377 g/mol. The Balaban J connectivity index is 1.73. The number of furan rings is 1. The molecule has 0 saturated carbocycles. The summed E-state index contributed by atoms with van der Waals surface area (Å²) in [6.07, 6.45) is 6.68. The fourth-order valence-corrected chi connectivity index (χ4v) is 3.78. The van der Waals surface area contributed by atoms with Crippen LogP contribution in [0.2, 0.25) is 0 Å². The van der Waals surface area contributed by atoms with Crippen LogP contribution in [0.1, 0.15) is 5.56 Å². The van der Waals surface area contributed by atoms with Crippen LogP contribution in [-0.2, 0) is 9.84 Å². The minimum absolute atomic E-state index is 0.325. The summed E-state index contributed by atoms with van der Waals surface area (Å²) in [7, 11) is -3.20. The Morgan fingerprint density at radius 2 is 1.52 bits per heavy atom. The van der Waals surface area contributed by atoms with E-state index in [4.69, 9.17) is 4.42 Å². The highest BCUT2D eigenvalue weighted by Crippen LogP contribution is 2.28. The van der Waals surface area contributed by atoms with Gasteiger partial charge in [0, 0.05) is 23.7 Å². The number of hydrogen-bond donors (Lipinski definition) is 0. The molecule has 0 aliphatic rings. The molecule has 4 rings (SSSR count). The average molecular weight is 377 g/mol. The Morgan fingerprint density at radius 1 is 0.852 bits per heavy atom. The van der Waals surface area contributed by atoms with Gasteiger partial charge in [0.05, 0.1) is 23.1 Å². The number of sulfone groups is 1. The lowest BCUT2D eigenvalue weighted by Crippen LogP contribution is -1.98. The largest absolute Gasteiger partial charge is 0.472 e. The Bertz CT molecular complexity index is 1170. The van der Waals surface area contributed by atoms with Gasteiger partial charge in [-0.2, -0.15) is 0 Å². The molecule has 0 spiro atoms. The van der Waals surface area contributed by atoms with Crippen molar-refractivity contribution in [2.45, 2.75) is 11.8 Å². The summed E-state index contributed by atoms with van der Waals surface area (Å²) in [4.78, 5) is 0.325.